The van der Waals surface area contributed by atoms with Crippen molar-refractivity contribution in [3.8, 4) is 0 Å². The molecule has 1 aromatic rings. The Morgan fingerprint density at radius 1 is 1.32 bits per heavy atom. The van der Waals surface area contributed by atoms with E-state index in [0.717, 1.165) is 0 Å². The molecule has 0 saturated carbocycles. The van der Waals surface area contributed by atoms with Gasteiger partial charge in [-0.3, -0.25) is 18.9 Å². The quantitative estimate of drug-likeness (QED) is 0.195. The van der Waals surface area contributed by atoms with Crippen molar-refractivity contribution in [3.63, 3.8) is 0 Å². The number of aromatic nitrogens is 2. The highest BCUT2D eigenvalue weighted by atomic mass is 32.1. The number of aliphatic hydroxyl groups excluding tert-OH is 1. The van der Waals surface area contributed by atoms with Crippen LogP contribution in [0.25, 0.3) is 0 Å². The summed E-state index contributed by atoms with van der Waals surface area (Å²) in [6.45, 7) is -3.06. The maximum atomic E-state index is 15.2. The molecule has 15 nitrogen and oxygen atoms in total. The zero-order valence-electron chi connectivity index (χ0n) is 16.8. The van der Waals surface area contributed by atoms with Crippen LogP contribution < -0.4 is 5.56 Å². The van der Waals surface area contributed by atoms with Gasteiger partial charge in [-0.15, -0.1) is 0 Å². The predicted octanol–water partition coefficient (Wildman–Crippen LogP) is 0.375. The number of nitrogens with zero attached hydrogens (tertiary/aromatic N) is 1. The highest BCUT2D eigenvalue weighted by molar-refractivity contribution is 7.71. The largest absolute Gasteiger partial charge is 0.490 e. The maximum Gasteiger partial charge on any atom is 0.490 e. The highest BCUT2D eigenvalue weighted by Crippen LogP contribution is 2.66. The van der Waals surface area contributed by atoms with Crippen molar-refractivity contribution in [2.24, 2.45) is 0 Å². The molecule has 1 fully saturated rings. The van der Waals surface area contributed by atoms with Gasteiger partial charge in [0.2, 0.25) is 5.82 Å². The third-order valence-electron chi connectivity index (χ3n) is 3.50. The van der Waals surface area contributed by atoms with Crippen LogP contribution in [-0.2, 0) is 31.6 Å². The van der Waals surface area contributed by atoms with Crippen molar-refractivity contribution >= 4 is 35.7 Å². The Bertz CT molecular complexity index is 1190. The molecule has 2 heterocycles. The molecule has 0 amide bonds. The molecule has 1 aliphatic heterocycles. The van der Waals surface area contributed by atoms with E-state index in [-0.39, 0.29) is 0 Å². The lowest BCUT2D eigenvalue weighted by Crippen LogP contribution is -2.41. The number of aliphatic hydroxyl groups is 1. The fraction of sp³-hybridized carbons (Fsp3) is 0.600. The van der Waals surface area contributed by atoms with Crippen molar-refractivity contribution in [1.29, 1.82) is 0 Å². The van der Waals surface area contributed by atoms with E-state index in [1.807, 2.05) is 4.98 Å². The molecular formula is C10H15F2N2O13P3S. The van der Waals surface area contributed by atoms with Gasteiger partial charge in [0.1, 0.15) is 12.2 Å². The Hall–Kier alpha value is -0.710. The van der Waals surface area contributed by atoms with Crippen molar-refractivity contribution in [2.45, 2.75) is 31.0 Å². The average Bonchev–Trinajstić information content (AvgIpc) is 2.77. The minimum atomic E-state index is -6.06. The molecule has 1 saturated heterocycles. The molecule has 1 aliphatic rings. The van der Waals surface area contributed by atoms with Crippen LogP contribution in [0.5, 0.6) is 0 Å². The monoisotopic (exact) mass is 536 g/mol. The summed E-state index contributed by atoms with van der Waals surface area (Å²) in [5.41, 5.74) is -4.28. The van der Waals surface area contributed by atoms with Gasteiger partial charge in [0.05, 0.1) is 15.5 Å². The van der Waals surface area contributed by atoms with E-state index in [0.29, 0.717) is 17.7 Å². The number of nitrogens with one attached hydrogen (secondary N) is 1. The molecule has 31 heavy (non-hydrogen) atoms. The van der Waals surface area contributed by atoms with Crippen molar-refractivity contribution in [1.82, 2.24) is 9.55 Å². The number of halogens is 2. The Labute approximate surface area is 178 Å². The lowest BCUT2D eigenvalue weighted by molar-refractivity contribution is -0.0599. The molecule has 3 unspecified atom stereocenters. The zero-order chi connectivity index (χ0) is 25.8. The zero-order valence-corrected chi connectivity index (χ0v) is 18.3. The van der Waals surface area contributed by atoms with Crippen LogP contribution in [0, 0.1) is 10.6 Å². The van der Waals surface area contributed by atoms with Gasteiger partial charge < -0.3 is 29.4 Å². The molecule has 6 N–H and O–H groups in total. The number of alkyl halides is 1. The molecule has 2 rings (SSSR count). The van der Waals surface area contributed by atoms with E-state index in [1.165, 1.54) is 0 Å². The number of ether oxygens (including phenoxy) is 1. The first-order valence-corrected chi connectivity index (χ1v) is 12.4. The van der Waals surface area contributed by atoms with Gasteiger partial charge in [-0.2, -0.15) is 13.0 Å². The molecule has 6 atom stereocenters. The second-order valence-corrected chi connectivity index (χ2v) is 10.7. The van der Waals surface area contributed by atoms with Crippen LogP contribution in [0.2, 0.25) is 0 Å². The second kappa shape index (κ2) is 8.91. The molecule has 0 radical (unpaired) electrons. The van der Waals surface area contributed by atoms with E-state index < -0.39 is 70.3 Å². The van der Waals surface area contributed by atoms with E-state index >= 15 is 4.39 Å². The van der Waals surface area contributed by atoms with E-state index in [4.69, 9.17) is 34.4 Å². The molecule has 0 spiro atoms. The van der Waals surface area contributed by atoms with Crippen molar-refractivity contribution in [2.75, 3.05) is 6.56 Å². The van der Waals surface area contributed by atoms with Gasteiger partial charge in [0, 0.05) is 0 Å². The highest BCUT2D eigenvalue weighted by Gasteiger charge is 2.56. The molecule has 0 aromatic carbocycles. The third kappa shape index (κ3) is 6.65. The topological polar surface area (TPSA) is 227 Å². The summed E-state index contributed by atoms with van der Waals surface area (Å²) in [4.78, 5) is 48.7. The SMILES string of the molecule is [2H]C([2H])(OP(=O)(O)OP(=O)(O)OP(=O)(O)O)[C@H]1O[C@@H](n2cc(F)c(=O)[nH]c2=S)C(C)(F)[C@H]1O. The van der Waals surface area contributed by atoms with Gasteiger partial charge >= 0.3 is 23.5 Å². The van der Waals surface area contributed by atoms with E-state index in [2.05, 4.69) is 13.1 Å². The maximum absolute atomic E-state index is 15.2. The number of phosphoric ester groups is 1. The van der Waals surface area contributed by atoms with Gasteiger partial charge in [-0.25, -0.2) is 18.1 Å². The fourth-order valence-corrected chi connectivity index (χ4v) is 5.39. The van der Waals surface area contributed by atoms with E-state index in [1.54, 1.807) is 0 Å². The average molecular weight is 536 g/mol. The van der Waals surface area contributed by atoms with Crippen LogP contribution >= 0.6 is 35.7 Å². The Kier molecular flexibility index (Phi) is 6.74. The van der Waals surface area contributed by atoms with Crippen molar-refractivity contribution < 1.29 is 67.8 Å². The first kappa shape index (κ1) is 23.4. The van der Waals surface area contributed by atoms with Crippen LogP contribution in [0.15, 0.2) is 11.0 Å². The summed E-state index contributed by atoms with van der Waals surface area (Å²) in [7, 11) is -17.8. The number of hydrogen-bond donors (Lipinski definition) is 6. The number of rotatable bonds is 8. The lowest BCUT2D eigenvalue weighted by Gasteiger charge is -2.25. The minimum Gasteiger partial charge on any atom is -0.387 e. The Morgan fingerprint density at radius 3 is 2.45 bits per heavy atom. The van der Waals surface area contributed by atoms with Crippen LogP contribution in [-0.4, -0.2) is 58.7 Å². The first-order valence-electron chi connectivity index (χ1n) is 8.46. The standard InChI is InChI=1S/C10H15F2N2O13P3S/c1-10(12)6(15)5(25-8(10)14-2-4(11)7(16)13-9(14)31)3-24-29(20,21)27-30(22,23)26-28(17,18)19/h2,5-6,8,15H,3H2,1H3,(H,20,21)(H,22,23)(H,13,16,31)(H2,17,18,19)/t5-,6+,8-,10?/m1/s1/i3D2. The molecule has 1 aromatic heterocycles. The number of hydrogen-bond acceptors (Lipinski definition) is 10. The summed E-state index contributed by atoms with van der Waals surface area (Å²) < 4.78 is 93.8. The molecule has 21 heteroatoms. The fourth-order valence-electron chi connectivity index (χ4n) is 2.27. The normalized spacial score (nSPS) is 32.1. The molecule has 0 aliphatic carbocycles. The van der Waals surface area contributed by atoms with Gasteiger partial charge in [0.25, 0.3) is 5.56 Å². The Balaban J connectivity index is 2.34. The summed E-state index contributed by atoms with van der Waals surface area (Å²) in [6, 6.07) is 0. The predicted molar refractivity (Wildman–Crippen MR) is 95.1 cm³/mol. The lowest BCUT2D eigenvalue weighted by atomic mass is 9.98. The molecular weight excluding hydrogens is 519 g/mol. The van der Waals surface area contributed by atoms with Gasteiger partial charge in [0.15, 0.2) is 16.7 Å². The third-order valence-corrected chi connectivity index (χ3v) is 7.48. The smallest absolute Gasteiger partial charge is 0.387 e. The van der Waals surface area contributed by atoms with Crippen LogP contribution in [0.1, 0.15) is 15.9 Å². The van der Waals surface area contributed by atoms with Crippen LogP contribution in [0.4, 0.5) is 8.78 Å². The summed E-state index contributed by atoms with van der Waals surface area (Å²) in [6.07, 6.45) is -6.78. The minimum absolute atomic E-state index is 0.386. The van der Waals surface area contributed by atoms with Gasteiger partial charge in [-0.1, -0.05) is 0 Å². The first-order chi connectivity index (χ1) is 14.6. The van der Waals surface area contributed by atoms with E-state index in [9.17, 15) is 32.9 Å². The molecule has 0 bridgehead atoms. The number of aromatic amines is 1. The molecule has 178 valence electrons. The summed E-state index contributed by atoms with van der Waals surface area (Å²) in [5, 5.41) is 10.2. The van der Waals surface area contributed by atoms with Crippen molar-refractivity contribution in [3.05, 3.63) is 27.1 Å². The summed E-state index contributed by atoms with van der Waals surface area (Å²) >= 11 is 4.75. The van der Waals surface area contributed by atoms with Gasteiger partial charge in [-0.05, 0) is 19.1 Å². The summed E-state index contributed by atoms with van der Waals surface area (Å²) in [5.74, 6) is -1.46. The number of H-pyrrole nitrogens is 1. The van der Waals surface area contributed by atoms with Crippen LogP contribution in [0.3, 0.4) is 0 Å². The Morgan fingerprint density at radius 2 is 1.90 bits per heavy atom. The number of phosphoric acid groups is 3. The second-order valence-electron chi connectivity index (χ2n) is 5.95.